The average Bonchev–Trinajstić information content (AvgIpc) is 2.67. The molecule has 0 saturated carbocycles. The predicted molar refractivity (Wildman–Crippen MR) is 93.7 cm³/mol. The van der Waals surface area contributed by atoms with Crippen LogP contribution in [0.15, 0.2) is 60.7 Å². The molecule has 120 valence electrons. The zero-order chi connectivity index (χ0) is 16.2. The number of rotatable bonds is 4. The molecule has 1 aliphatic heterocycles. The van der Waals surface area contributed by atoms with E-state index >= 15 is 0 Å². The zero-order valence-electron chi connectivity index (χ0n) is 13.4. The molecule has 0 saturated heterocycles. The number of aromatic nitrogens is 2. The Labute approximate surface area is 141 Å². The van der Waals surface area contributed by atoms with Crippen molar-refractivity contribution in [3.8, 4) is 17.1 Å². The predicted octanol–water partition coefficient (Wildman–Crippen LogP) is 3.37. The maximum atomic E-state index is 5.69. The van der Waals surface area contributed by atoms with Crippen LogP contribution < -0.4 is 10.1 Å². The number of fused-ring (bicyclic) bond motifs is 1. The maximum Gasteiger partial charge on any atom is 0.233 e. The van der Waals surface area contributed by atoms with Gasteiger partial charge in [-0.05, 0) is 41.8 Å². The highest BCUT2D eigenvalue weighted by molar-refractivity contribution is 5.61. The van der Waals surface area contributed by atoms with Gasteiger partial charge in [0, 0.05) is 18.2 Å². The second-order valence-electron chi connectivity index (χ2n) is 5.94. The Morgan fingerprint density at radius 3 is 2.67 bits per heavy atom. The molecule has 1 N–H and O–H groups in total. The summed E-state index contributed by atoms with van der Waals surface area (Å²) in [6.45, 7) is 2.49. The molecule has 1 aromatic heterocycles. The van der Waals surface area contributed by atoms with Gasteiger partial charge < -0.3 is 10.1 Å². The van der Waals surface area contributed by atoms with Gasteiger partial charge in [0.05, 0.1) is 5.69 Å². The summed E-state index contributed by atoms with van der Waals surface area (Å²) in [5.74, 6) is 0.546. The van der Waals surface area contributed by atoms with Crippen molar-refractivity contribution in [2.24, 2.45) is 0 Å². The van der Waals surface area contributed by atoms with Gasteiger partial charge in [-0.3, -0.25) is 0 Å². The van der Waals surface area contributed by atoms with Crippen molar-refractivity contribution in [1.29, 1.82) is 0 Å². The van der Waals surface area contributed by atoms with Crippen LogP contribution in [0.4, 0.5) is 0 Å². The van der Waals surface area contributed by atoms with E-state index in [1.54, 1.807) is 0 Å². The van der Waals surface area contributed by atoms with E-state index < -0.39 is 0 Å². The van der Waals surface area contributed by atoms with Gasteiger partial charge in [0.1, 0.15) is 6.61 Å². The maximum absolute atomic E-state index is 5.69. The molecule has 4 heteroatoms. The van der Waals surface area contributed by atoms with Crippen molar-refractivity contribution in [3.63, 3.8) is 0 Å². The van der Waals surface area contributed by atoms with Gasteiger partial charge in [-0.25, -0.2) is 0 Å². The summed E-state index contributed by atoms with van der Waals surface area (Å²) in [5, 5.41) is 11.9. The Balaban J connectivity index is 1.47. The monoisotopic (exact) mass is 317 g/mol. The van der Waals surface area contributed by atoms with E-state index in [2.05, 4.69) is 33.7 Å². The van der Waals surface area contributed by atoms with Crippen molar-refractivity contribution < 1.29 is 4.74 Å². The molecule has 2 aromatic carbocycles. The van der Waals surface area contributed by atoms with Crippen LogP contribution in [0.1, 0.15) is 16.7 Å². The Hall–Kier alpha value is -2.72. The summed E-state index contributed by atoms with van der Waals surface area (Å²) in [7, 11) is 0. The number of nitrogens with one attached hydrogen (secondary N) is 1. The standard InChI is InChI=1S/C20H19N3O/c1-2-4-15(5-3-1)14-24-20-9-8-19(22-23-20)17-6-7-18-13-21-11-10-16(18)12-17/h1-9,12,21H,10-11,13-14H2. The number of benzene rings is 2. The number of hydrogen-bond acceptors (Lipinski definition) is 4. The van der Waals surface area contributed by atoms with Gasteiger partial charge in [0.2, 0.25) is 5.88 Å². The first kappa shape index (κ1) is 14.8. The summed E-state index contributed by atoms with van der Waals surface area (Å²) in [6.07, 6.45) is 1.06. The second-order valence-corrected chi connectivity index (χ2v) is 5.94. The van der Waals surface area contributed by atoms with Gasteiger partial charge in [-0.15, -0.1) is 10.2 Å². The molecule has 0 atom stereocenters. The summed E-state index contributed by atoms with van der Waals surface area (Å²) in [5.41, 5.74) is 5.88. The molecule has 3 aromatic rings. The molecule has 0 radical (unpaired) electrons. The van der Waals surface area contributed by atoms with Crippen molar-refractivity contribution in [2.75, 3.05) is 6.54 Å². The lowest BCUT2D eigenvalue weighted by Crippen LogP contribution is -2.23. The average molecular weight is 317 g/mol. The quantitative estimate of drug-likeness (QED) is 0.801. The SMILES string of the molecule is c1ccc(COc2ccc(-c3ccc4c(c3)CCNC4)nn2)cc1. The minimum atomic E-state index is 0.501. The highest BCUT2D eigenvalue weighted by Crippen LogP contribution is 2.23. The molecular weight excluding hydrogens is 298 g/mol. The summed E-state index contributed by atoms with van der Waals surface area (Å²) < 4.78 is 5.69. The Bertz CT molecular complexity index is 816. The van der Waals surface area contributed by atoms with E-state index in [4.69, 9.17) is 4.74 Å². The molecule has 0 fully saturated rings. The second kappa shape index (κ2) is 6.81. The van der Waals surface area contributed by atoms with Crippen molar-refractivity contribution in [3.05, 3.63) is 77.4 Å². The lowest BCUT2D eigenvalue weighted by molar-refractivity contribution is 0.290. The van der Waals surface area contributed by atoms with E-state index in [1.165, 1.54) is 11.1 Å². The third kappa shape index (κ3) is 3.29. The van der Waals surface area contributed by atoms with Crippen LogP contribution in [-0.4, -0.2) is 16.7 Å². The molecule has 4 rings (SSSR count). The van der Waals surface area contributed by atoms with Crippen LogP contribution in [0.5, 0.6) is 5.88 Å². The first-order valence-corrected chi connectivity index (χ1v) is 8.22. The fraction of sp³-hybridized carbons (Fsp3) is 0.200. The van der Waals surface area contributed by atoms with E-state index in [0.717, 1.165) is 36.3 Å². The molecule has 0 amide bonds. The van der Waals surface area contributed by atoms with Crippen LogP contribution in [-0.2, 0) is 19.6 Å². The minimum Gasteiger partial charge on any atom is -0.472 e. The van der Waals surface area contributed by atoms with Crippen LogP contribution >= 0.6 is 0 Å². The highest BCUT2D eigenvalue weighted by atomic mass is 16.5. The van der Waals surface area contributed by atoms with Crippen molar-refractivity contribution in [2.45, 2.75) is 19.6 Å². The molecule has 0 unspecified atom stereocenters. The van der Waals surface area contributed by atoms with Crippen LogP contribution in [0.2, 0.25) is 0 Å². The highest BCUT2D eigenvalue weighted by Gasteiger charge is 2.10. The van der Waals surface area contributed by atoms with E-state index in [1.807, 2.05) is 42.5 Å². The van der Waals surface area contributed by atoms with Gasteiger partial charge in [-0.1, -0.05) is 42.5 Å². The zero-order valence-corrected chi connectivity index (χ0v) is 13.4. The van der Waals surface area contributed by atoms with Gasteiger partial charge >= 0.3 is 0 Å². The minimum absolute atomic E-state index is 0.501. The fourth-order valence-electron chi connectivity index (χ4n) is 2.92. The van der Waals surface area contributed by atoms with Crippen molar-refractivity contribution >= 4 is 0 Å². The molecule has 2 heterocycles. The van der Waals surface area contributed by atoms with Crippen LogP contribution in [0.3, 0.4) is 0 Å². The molecule has 4 nitrogen and oxygen atoms in total. The third-order valence-corrected chi connectivity index (χ3v) is 4.26. The lowest BCUT2D eigenvalue weighted by Gasteiger charge is -2.17. The third-order valence-electron chi connectivity index (χ3n) is 4.26. The fourth-order valence-corrected chi connectivity index (χ4v) is 2.92. The molecule has 0 aliphatic carbocycles. The largest absolute Gasteiger partial charge is 0.472 e. The summed E-state index contributed by atoms with van der Waals surface area (Å²) in [6, 6.07) is 20.4. The summed E-state index contributed by atoms with van der Waals surface area (Å²) in [4.78, 5) is 0. The molecule has 0 spiro atoms. The Morgan fingerprint density at radius 1 is 0.917 bits per heavy atom. The number of ether oxygens (including phenoxy) is 1. The van der Waals surface area contributed by atoms with Gasteiger partial charge in [0.25, 0.3) is 0 Å². The van der Waals surface area contributed by atoms with Crippen LogP contribution in [0.25, 0.3) is 11.3 Å². The lowest BCUT2D eigenvalue weighted by atomic mass is 9.97. The Morgan fingerprint density at radius 2 is 1.83 bits per heavy atom. The van der Waals surface area contributed by atoms with Crippen molar-refractivity contribution in [1.82, 2.24) is 15.5 Å². The number of nitrogens with zero attached hydrogens (tertiary/aromatic N) is 2. The van der Waals surface area contributed by atoms with E-state index in [0.29, 0.717) is 12.5 Å². The Kier molecular flexibility index (Phi) is 4.21. The van der Waals surface area contributed by atoms with E-state index in [9.17, 15) is 0 Å². The smallest absolute Gasteiger partial charge is 0.233 e. The molecule has 0 bridgehead atoms. The number of hydrogen-bond donors (Lipinski definition) is 1. The first-order valence-electron chi connectivity index (χ1n) is 8.22. The van der Waals surface area contributed by atoms with E-state index in [-0.39, 0.29) is 0 Å². The van der Waals surface area contributed by atoms with Gasteiger partial charge in [0.15, 0.2) is 0 Å². The normalized spacial score (nSPS) is 13.3. The molecule has 1 aliphatic rings. The topological polar surface area (TPSA) is 47.0 Å². The molecular formula is C20H19N3O. The van der Waals surface area contributed by atoms with Crippen LogP contribution in [0, 0.1) is 0 Å². The van der Waals surface area contributed by atoms with Gasteiger partial charge in [-0.2, -0.15) is 0 Å². The molecule has 24 heavy (non-hydrogen) atoms. The first-order chi connectivity index (χ1) is 11.9. The summed E-state index contributed by atoms with van der Waals surface area (Å²) >= 11 is 0.